The van der Waals surface area contributed by atoms with Crippen LogP contribution in [0.3, 0.4) is 0 Å². The fourth-order valence-electron chi connectivity index (χ4n) is 3.01. The highest BCUT2D eigenvalue weighted by Crippen LogP contribution is 2.26. The zero-order valence-electron chi connectivity index (χ0n) is 17.3. The van der Waals surface area contributed by atoms with E-state index < -0.39 is 28.4 Å². The second kappa shape index (κ2) is 9.97. The summed E-state index contributed by atoms with van der Waals surface area (Å²) in [5, 5.41) is 11.8. The molecule has 3 aromatic carbocycles. The van der Waals surface area contributed by atoms with Crippen molar-refractivity contribution in [3.63, 3.8) is 0 Å². The van der Waals surface area contributed by atoms with Crippen LogP contribution >= 0.6 is 0 Å². The molecule has 0 heterocycles. The molecule has 1 amide bonds. The highest BCUT2D eigenvalue weighted by atomic mass is 32.2. The van der Waals surface area contributed by atoms with Gasteiger partial charge >= 0.3 is 5.97 Å². The Morgan fingerprint density at radius 1 is 0.938 bits per heavy atom. The summed E-state index contributed by atoms with van der Waals surface area (Å²) < 4.78 is 33.0. The number of benzene rings is 3. The molecule has 3 aromatic rings. The summed E-state index contributed by atoms with van der Waals surface area (Å²) in [6, 6.07) is 20.0. The molecule has 9 heteroatoms. The van der Waals surface area contributed by atoms with Crippen LogP contribution in [0.15, 0.2) is 83.8 Å². The molecule has 3 rings (SSSR count). The molecule has 2 N–H and O–H groups in total. The van der Waals surface area contributed by atoms with E-state index in [2.05, 4.69) is 5.32 Å². The summed E-state index contributed by atoms with van der Waals surface area (Å²) in [7, 11) is -4.08. The number of anilines is 2. The summed E-state index contributed by atoms with van der Waals surface area (Å²) in [4.78, 5) is 24.2. The minimum Gasteiger partial charge on any atom is -0.494 e. The number of nitrogens with one attached hydrogen (secondary N) is 1. The second-order valence-corrected chi connectivity index (χ2v) is 8.51. The first kappa shape index (κ1) is 22.8. The number of amides is 1. The van der Waals surface area contributed by atoms with Gasteiger partial charge in [0.25, 0.3) is 10.0 Å². The summed E-state index contributed by atoms with van der Waals surface area (Å²) in [5.41, 5.74) is 0.243. The third-order valence-corrected chi connectivity index (χ3v) is 6.27. The van der Waals surface area contributed by atoms with Gasteiger partial charge < -0.3 is 15.2 Å². The average molecular weight is 455 g/mol. The largest absolute Gasteiger partial charge is 0.494 e. The molecule has 0 saturated heterocycles. The van der Waals surface area contributed by atoms with Crippen LogP contribution in [0.4, 0.5) is 11.4 Å². The molecule has 32 heavy (non-hydrogen) atoms. The molecule has 0 bridgehead atoms. The van der Waals surface area contributed by atoms with Crippen molar-refractivity contribution >= 4 is 33.3 Å². The van der Waals surface area contributed by atoms with E-state index in [0.717, 1.165) is 4.31 Å². The number of rotatable bonds is 9. The molecule has 0 aliphatic rings. The Bertz CT molecular complexity index is 1190. The van der Waals surface area contributed by atoms with E-state index >= 15 is 0 Å². The zero-order valence-corrected chi connectivity index (χ0v) is 18.1. The van der Waals surface area contributed by atoms with Crippen molar-refractivity contribution in [1.82, 2.24) is 0 Å². The number of hydrogen-bond donors (Lipinski definition) is 2. The number of carboxylic acids is 1. The van der Waals surface area contributed by atoms with Gasteiger partial charge in [0.2, 0.25) is 5.91 Å². The maximum atomic E-state index is 13.3. The number of hydrogen-bond acceptors (Lipinski definition) is 5. The van der Waals surface area contributed by atoms with Crippen molar-refractivity contribution in [2.75, 3.05) is 22.8 Å². The number of para-hydroxylation sites is 1. The molecule has 8 nitrogen and oxygen atoms in total. The highest BCUT2D eigenvalue weighted by molar-refractivity contribution is 7.92. The Kier molecular flexibility index (Phi) is 7.11. The predicted octanol–water partition coefficient (Wildman–Crippen LogP) is 3.62. The Balaban J connectivity index is 1.94. The van der Waals surface area contributed by atoms with Crippen LogP contribution < -0.4 is 14.4 Å². The van der Waals surface area contributed by atoms with E-state index in [4.69, 9.17) is 4.74 Å². The molecular weight excluding hydrogens is 432 g/mol. The first-order valence-electron chi connectivity index (χ1n) is 9.75. The molecule has 0 unspecified atom stereocenters. The Morgan fingerprint density at radius 3 is 2.19 bits per heavy atom. The topological polar surface area (TPSA) is 113 Å². The normalized spacial score (nSPS) is 10.9. The molecule has 0 saturated carbocycles. The van der Waals surface area contributed by atoms with Crippen molar-refractivity contribution in [2.24, 2.45) is 0 Å². The van der Waals surface area contributed by atoms with Gasteiger partial charge in [0.05, 0.1) is 28.4 Å². The van der Waals surface area contributed by atoms with Gasteiger partial charge in [-0.25, -0.2) is 13.2 Å². The van der Waals surface area contributed by atoms with Crippen LogP contribution in [0.2, 0.25) is 0 Å². The second-order valence-electron chi connectivity index (χ2n) is 6.65. The standard InChI is InChI=1S/C23H22N2O6S/c1-2-31-18-14-12-17(13-15-18)25(32(29,30)19-8-4-3-5-9-19)16-22(26)24-21-11-7-6-10-20(21)23(27)28/h3-15H,2,16H2,1H3,(H,24,26)(H,27,28). The van der Waals surface area contributed by atoms with Gasteiger partial charge in [-0.1, -0.05) is 30.3 Å². The molecule has 0 fully saturated rings. The van der Waals surface area contributed by atoms with E-state index in [1.807, 2.05) is 6.92 Å². The third-order valence-electron chi connectivity index (χ3n) is 4.49. The average Bonchev–Trinajstić information content (AvgIpc) is 2.79. The van der Waals surface area contributed by atoms with Crippen molar-refractivity contribution in [3.8, 4) is 5.75 Å². The molecule has 0 spiro atoms. The maximum Gasteiger partial charge on any atom is 0.337 e. The predicted molar refractivity (Wildman–Crippen MR) is 121 cm³/mol. The SMILES string of the molecule is CCOc1ccc(N(CC(=O)Nc2ccccc2C(=O)O)S(=O)(=O)c2ccccc2)cc1. The van der Waals surface area contributed by atoms with Crippen LogP contribution in [0, 0.1) is 0 Å². The van der Waals surface area contributed by atoms with Gasteiger partial charge in [0, 0.05) is 0 Å². The summed E-state index contributed by atoms with van der Waals surface area (Å²) in [6.07, 6.45) is 0. The Morgan fingerprint density at radius 2 is 1.56 bits per heavy atom. The lowest BCUT2D eigenvalue weighted by Crippen LogP contribution is -2.38. The van der Waals surface area contributed by atoms with Gasteiger partial charge in [-0.15, -0.1) is 0 Å². The van der Waals surface area contributed by atoms with Crippen molar-refractivity contribution in [2.45, 2.75) is 11.8 Å². The molecule has 166 valence electrons. The molecule has 0 aromatic heterocycles. The van der Waals surface area contributed by atoms with E-state index in [-0.39, 0.29) is 21.8 Å². The van der Waals surface area contributed by atoms with Crippen molar-refractivity contribution in [3.05, 3.63) is 84.4 Å². The fraction of sp³-hybridized carbons (Fsp3) is 0.130. The lowest BCUT2D eigenvalue weighted by molar-refractivity contribution is -0.114. The Hall–Kier alpha value is -3.85. The highest BCUT2D eigenvalue weighted by Gasteiger charge is 2.27. The smallest absolute Gasteiger partial charge is 0.337 e. The number of sulfonamides is 1. The van der Waals surface area contributed by atoms with E-state index in [0.29, 0.717) is 12.4 Å². The minimum atomic E-state index is -4.08. The number of aromatic carboxylic acids is 1. The first-order chi connectivity index (χ1) is 15.3. The summed E-state index contributed by atoms with van der Waals surface area (Å²) >= 11 is 0. The van der Waals surface area contributed by atoms with Crippen molar-refractivity contribution < 1.29 is 27.9 Å². The van der Waals surface area contributed by atoms with Crippen LogP contribution in [-0.2, 0) is 14.8 Å². The quantitative estimate of drug-likeness (QED) is 0.511. The van der Waals surface area contributed by atoms with Crippen LogP contribution in [-0.4, -0.2) is 38.6 Å². The van der Waals surface area contributed by atoms with E-state index in [1.165, 1.54) is 30.3 Å². The lowest BCUT2D eigenvalue weighted by Gasteiger charge is -2.24. The number of ether oxygens (including phenoxy) is 1. The molecule has 0 aliphatic carbocycles. The lowest BCUT2D eigenvalue weighted by atomic mass is 10.2. The molecule has 0 radical (unpaired) electrons. The first-order valence-corrected chi connectivity index (χ1v) is 11.2. The third kappa shape index (κ3) is 5.25. The monoisotopic (exact) mass is 454 g/mol. The van der Waals surface area contributed by atoms with E-state index in [1.54, 1.807) is 48.5 Å². The Labute approximate surface area is 186 Å². The number of carbonyl (C=O) groups excluding carboxylic acids is 1. The van der Waals surface area contributed by atoms with Crippen LogP contribution in [0.25, 0.3) is 0 Å². The van der Waals surface area contributed by atoms with Gasteiger partial charge in [0.15, 0.2) is 0 Å². The van der Waals surface area contributed by atoms with Gasteiger partial charge in [0.1, 0.15) is 12.3 Å². The molecule has 0 aliphatic heterocycles. The minimum absolute atomic E-state index is 0.0209. The van der Waals surface area contributed by atoms with Gasteiger partial charge in [-0.05, 0) is 55.5 Å². The summed E-state index contributed by atoms with van der Waals surface area (Å²) in [6.45, 7) is 1.73. The molecule has 0 atom stereocenters. The van der Waals surface area contributed by atoms with Gasteiger partial charge in [-0.2, -0.15) is 0 Å². The molecular formula is C23H22N2O6S. The maximum absolute atomic E-state index is 13.3. The summed E-state index contributed by atoms with van der Waals surface area (Å²) in [5.74, 6) is -1.33. The van der Waals surface area contributed by atoms with Gasteiger partial charge in [-0.3, -0.25) is 9.10 Å². The number of carboxylic acid groups (broad SMARTS) is 1. The van der Waals surface area contributed by atoms with Crippen LogP contribution in [0.1, 0.15) is 17.3 Å². The fourth-order valence-corrected chi connectivity index (χ4v) is 4.45. The zero-order chi connectivity index (χ0) is 23.1. The number of nitrogens with zero attached hydrogens (tertiary/aromatic N) is 1. The van der Waals surface area contributed by atoms with E-state index in [9.17, 15) is 23.1 Å². The van der Waals surface area contributed by atoms with Crippen LogP contribution in [0.5, 0.6) is 5.75 Å². The van der Waals surface area contributed by atoms with Crippen molar-refractivity contribution in [1.29, 1.82) is 0 Å². The number of carbonyl (C=O) groups is 2.